The van der Waals surface area contributed by atoms with Crippen molar-refractivity contribution in [2.75, 3.05) is 25.7 Å². The van der Waals surface area contributed by atoms with Gasteiger partial charge in [0.05, 0.1) is 26.2 Å². The second kappa shape index (κ2) is 6.74. The molecule has 1 N–H and O–H groups in total. The molecule has 0 amide bonds. The molecule has 1 atom stereocenters. The number of ether oxygens (including phenoxy) is 2. The molecule has 3 heterocycles. The molecule has 0 saturated carbocycles. The van der Waals surface area contributed by atoms with E-state index in [2.05, 4.69) is 27.9 Å². The average Bonchev–Trinajstić information content (AvgIpc) is 3.10. The van der Waals surface area contributed by atoms with Gasteiger partial charge in [0.15, 0.2) is 0 Å². The predicted octanol–water partition coefficient (Wildman–Crippen LogP) is 3.32. The van der Waals surface area contributed by atoms with E-state index >= 15 is 0 Å². The van der Waals surface area contributed by atoms with E-state index in [1.807, 2.05) is 12.1 Å². The molecule has 26 heavy (non-hydrogen) atoms. The molecule has 0 aliphatic carbocycles. The van der Waals surface area contributed by atoms with Crippen LogP contribution in [0.1, 0.15) is 29.0 Å². The summed E-state index contributed by atoms with van der Waals surface area (Å²) in [6.45, 7) is 3.17. The number of aliphatic hydroxyl groups excluding tert-OH is 1. The number of aryl methyl sites for hydroxylation is 1. The summed E-state index contributed by atoms with van der Waals surface area (Å²) in [7, 11) is 3.26. The fourth-order valence-corrected chi connectivity index (χ4v) is 4.49. The molecule has 6 nitrogen and oxygen atoms in total. The van der Waals surface area contributed by atoms with Gasteiger partial charge in [-0.1, -0.05) is 6.92 Å². The van der Waals surface area contributed by atoms with Gasteiger partial charge in [-0.2, -0.15) is 0 Å². The second-order valence-electron chi connectivity index (χ2n) is 6.24. The zero-order valence-corrected chi connectivity index (χ0v) is 15.8. The summed E-state index contributed by atoms with van der Waals surface area (Å²) in [6.07, 6.45) is 1.88. The summed E-state index contributed by atoms with van der Waals surface area (Å²) in [4.78, 5) is 13.3. The predicted molar refractivity (Wildman–Crippen MR) is 102 cm³/mol. The van der Waals surface area contributed by atoms with Crippen molar-refractivity contribution >= 4 is 27.4 Å². The summed E-state index contributed by atoms with van der Waals surface area (Å²) < 4.78 is 11.0. The first-order valence-corrected chi connectivity index (χ1v) is 9.38. The highest BCUT2D eigenvalue weighted by molar-refractivity contribution is 7.18. The van der Waals surface area contributed by atoms with Crippen molar-refractivity contribution in [1.82, 2.24) is 9.97 Å². The molecule has 136 valence electrons. The number of aromatic nitrogens is 2. The van der Waals surface area contributed by atoms with Crippen LogP contribution in [-0.4, -0.2) is 35.8 Å². The van der Waals surface area contributed by atoms with Crippen molar-refractivity contribution in [2.24, 2.45) is 0 Å². The number of benzene rings is 1. The SMILES string of the molecule is CCc1cc2c(N3Cc4c(OC)ccc(OC)c4[C@H](O)C3)ncnc2s1. The maximum absolute atomic E-state index is 10.8. The van der Waals surface area contributed by atoms with E-state index in [1.54, 1.807) is 31.9 Å². The van der Waals surface area contributed by atoms with E-state index in [0.717, 1.165) is 39.3 Å². The quantitative estimate of drug-likeness (QED) is 0.759. The second-order valence-corrected chi connectivity index (χ2v) is 7.36. The molecular formula is C19H21N3O3S. The Labute approximate surface area is 156 Å². The highest BCUT2D eigenvalue weighted by Gasteiger charge is 2.31. The van der Waals surface area contributed by atoms with Crippen LogP contribution in [0, 0.1) is 0 Å². The van der Waals surface area contributed by atoms with Crippen LogP contribution in [0.15, 0.2) is 24.5 Å². The van der Waals surface area contributed by atoms with Crippen molar-refractivity contribution in [3.05, 3.63) is 40.5 Å². The Balaban J connectivity index is 1.81. The van der Waals surface area contributed by atoms with Gasteiger partial charge in [0.1, 0.15) is 34.6 Å². The third-order valence-electron chi connectivity index (χ3n) is 4.80. The molecule has 1 aliphatic heterocycles. The van der Waals surface area contributed by atoms with Crippen LogP contribution in [0.4, 0.5) is 5.82 Å². The van der Waals surface area contributed by atoms with E-state index < -0.39 is 6.10 Å². The minimum absolute atomic E-state index is 0.444. The molecule has 0 radical (unpaired) electrons. The van der Waals surface area contributed by atoms with E-state index in [4.69, 9.17) is 9.47 Å². The first-order chi connectivity index (χ1) is 12.7. The molecule has 4 rings (SSSR count). The van der Waals surface area contributed by atoms with Gasteiger partial charge in [-0.25, -0.2) is 9.97 Å². The van der Waals surface area contributed by atoms with Crippen LogP contribution in [0.2, 0.25) is 0 Å². The highest BCUT2D eigenvalue weighted by Crippen LogP contribution is 2.41. The Morgan fingerprint density at radius 1 is 1.23 bits per heavy atom. The van der Waals surface area contributed by atoms with Gasteiger partial charge in [-0.05, 0) is 24.6 Å². The van der Waals surface area contributed by atoms with Crippen molar-refractivity contribution in [3.63, 3.8) is 0 Å². The lowest BCUT2D eigenvalue weighted by atomic mass is 9.95. The Kier molecular flexibility index (Phi) is 4.42. The fraction of sp³-hybridized carbons (Fsp3) is 0.368. The van der Waals surface area contributed by atoms with Crippen LogP contribution in [-0.2, 0) is 13.0 Å². The molecule has 1 aliphatic rings. The van der Waals surface area contributed by atoms with Gasteiger partial charge < -0.3 is 19.5 Å². The van der Waals surface area contributed by atoms with Crippen LogP contribution < -0.4 is 14.4 Å². The number of β-amino-alcohol motifs (C(OH)–C–C–N with tert-alkyl or cyclic N) is 1. The van der Waals surface area contributed by atoms with Crippen molar-refractivity contribution in [3.8, 4) is 11.5 Å². The third-order valence-corrected chi connectivity index (χ3v) is 5.98. The fourth-order valence-electron chi connectivity index (χ4n) is 3.56. The van der Waals surface area contributed by atoms with Gasteiger partial charge in [0, 0.05) is 22.5 Å². The molecule has 3 aromatic rings. The summed E-state index contributed by atoms with van der Waals surface area (Å²) in [5.74, 6) is 2.28. The number of rotatable bonds is 4. The normalized spacial score (nSPS) is 16.6. The molecule has 7 heteroatoms. The van der Waals surface area contributed by atoms with E-state index in [1.165, 1.54) is 4.88 Å². The highest BCUT2D eigenvalue weighted by atomic mass is 32.1. The van der Waals surface area contributed by atoms with Gasteiger partial charge in [0.2, 0.25) is 0 Å². The maximum Gasteiger partial charge on any atom is 0.141 e. The van der Waals surface area contributed by atoms with Crippen LogP contribution >= 0.6 is 11.3 Å². The summed E-state index contributed by atoms with van der Waals surface area (Å²) in [5.41, 5.74) is 1.73. The number of hydrogen-bond donors (Lipinski definition) is 1. The van der Waals surface area contributed by atoms with Crippen LogP contribution in [0.3, 0.4) is 0 Å². The Hall–Kier alpha value is -2.38. The number of thiophene rings is 1. The van der Waals surface area contributed by atoms with Gasteiger partial charge in [0.25, 0.3) is 0 Å². The summed E-state index contributed by atoms with van der Waals surface area (Å²) >= 11 is 1.69. The Bertz CT molecular complexity index is 957. The average molecular weight is 371 g/mol. The molecule has 0 spiro atoms. The number of anilines is 1. The number of methoxy groups -OCH3 is 2. The lowest BCUT2D eigenvalue weighted by molar-refractivity contribution is 0.169. The Morgan fingerprint density at radius 2 is 2.00 bits per heavy atom. The van der Waals surface area contributed by atoms with Gasteiger partial charge >= 0.3 is 0 Å². The van der Waals surface area contributed by atoms with Crippen molar-refractivity contribution < 1.29 is 14.6 Å². The minimum Gasteiger partial charge on any atom is -0.496 e. The first kappa shape index (κ1) is 17.1. The molecule has 0 fully saturated rings. The zero-order valence-electron chi connectivity index (χ0n) is 15.0. The lowest BCUT2D eigenvalue weighted by Gasteiger charge is -2.34. The zero-order chi connectivity index (χ0) is 18.3. The largest absolute Gasteiger partial charge is 0.496 e. The maximum atomic E-state index is 10.8. The van der Waals surface area contributed by atoms with Gasteiger partial charge in [-0.15, -0.1) is 11.3 Å². The molecule has 0 saturated heterocycles. The molecule has 0 unspecified atom stereocenters. The lowest BCUT2D eigenvalue weighted by Crippen LogP contribution is -2.34. The van der Waals surface area contributed by atoms with Crippen LogP contribution in [0.25, 0.3) is 10.2 Å². The molecule has 2 aromatic heterocycles. The van der Waals surface area contributed by atoms with Crippen molar-refractivity contribution in [2.45, 2.75) is 26.0 Å². The Morgan fingerprint density at radius 3 is 2.73 bits per heavy atom. The van der Waals surface area contributed by atoms with Crippen LogP contribution in [0.5, 0.6) is 11.5 Å². The van der Waals surface area contributed by atoms with Gasteiger partial charge in [-0.3, -0.25) is 0 Å². The number of hydrogen-bond acceptors (Lipinski definition) is 7. The number of nitrogens with zero attached hydrogens (tertiary/aromatic N) is 3. The topological polar surface area (TPSA) is 67.7 Å². The molecule has 0 bridgehead atoms. The van der Waals surface area contributed by atoms with E-state index in [-0.39, 0.29) is 0 Å². The third kappa shape index (κ3) is 2.68. The monoisotopic (exact) mass is 371 g/mol. The molecule has 1 aromatic carbocycles. The number of aliphatic hydroxyl groups is 1. The molecular weight excluding hydrogens is 350 g/mol. The smallest absolute Gasteiger partial charge is 0.141 e. The minimum atomic E-state index is -0.682. The van der Waals surface area contributed by atoms with E-state index in [9.17, 15) is 5.11 Å². The standard InChI is InChI=1S/C19H21N3O3S/c1-4-11-7-12-18(20-10-21-19(12)26-11)22-8-13-15(24-2)5-6-16(25-3)17(13)14(23)9-22/h5-7,10,14,23H,4,8-9H2,1-3H3/t14-/m1/s1. The first-order valence-electron chi connectivity index (χ1n) is 8.56. The summed E-state index contributed by atoms with van der Waals surface area (Å²) in [6, 6.07) is 5.87. The van der Waals surface area contributed by atoms with Crippen molar-refractivity contribution in [1.29, 1.82) is 0 Å². The van der Waals surface area contributed by atoms with E-state index in [0.29, 0.717) is 18.8 Å². The number of fused-ring (bicyclic) bond motifs is 2. The summed E-state index contributed by atoms with van der Waals surface area (Å²) in [5, 5.41) is 11.9.